The first-order chi connectivity index (χ1) is 15.4. The van der Waals surface area contributed by atoms with Gasteiger partial charge in [-0.3, -0.25) is 0 Å². The molecule has 0 spiro atoms. The van der Waals surface area contributed by atoms with Crippen molar-refractivity contribution < 1.29 is 30.6 Å². The molecule has 0 aliphatic rings. The van der Waals surface area contributed by atoms with Gasteiger partial charge in [0.15, 0.2) is 0 Å². The van der Waals surface area contributed by atoms with Gasteiger partial charge in [-0.15, -0.1) is 0 Å². The van der Waals surface area contributed by atoms with Crippen LogP contribution in [0.5, 0.6) is 0 Å². The minimum atomic E-state index is -1.64. The highest BCUT2D eigenvalue weighted by atomic mass is 16.3. The van der Waals surface area contributed by atoms with E-state index in [-0.39, 0.29) is 12.8 Å². The molecule has 2 unspecified atom stereocenters. The summed E-state index contributed by atoms with van der Waals surface area (Å²) in [6, 6.07) is 0. The minimum Gasteiger partial charge on any atom is -0.395 e. The Morgan fingerprint density at radius 1 is 0.562 bits per heavy atom. The SMILES string of the molecule is CCCCCCCCCCCCCCCCCCC(O)(CC(O)CO)C(CO)(CO)CO. The smallest absolute Gasteiger partial charge is 0.0798 e. The molecule has 0 aliphatic carbocycles. The van der Waals surface area contributed by atoms with E-state index in [4.69, 9.17) is 5.11 Å². The van der Waals surface area contributed by atoms with Gasteiger partial charge in [0, 0.05) is 6.42 Å². The third-order valence-corrected chi connectivity index (χ3v) is 7.12. The van der Waals surface area contributed by atoms with Crippen LogP contribution in [0.4, 0.5) is 0 Å². The molecule has 194 valence electrons. The van der Waals surface area contributed by atoms with Crippen LogP contribution in [0.25, 0.3) is 0 Å². The second-order valence-corrected chi connectivity index (χ2v) is 9.88. The molecule has 0 amide bonds. The van der Waals surface area contributed by atoms with Crippen molar-refractivity contribution in [3.05, 3.63) is 0 Å². The normalized spacial score (nSPS) is 15.1. The molecule has 6 nitrogen and oxygen atoms in total. The van der Waals surface area contributed by atoms with Crippen LogP contribution in [0.3, 0.4) is 0 Å². The molecule has 0 aliphatic heterocycles. The maximum Gasteiger partial charge on any atom is 0.0798 e. The number of aliphatic hydroxyl groups is 6. The Kier molecular flexibility index (Phi) is 20.0. The summed E-state index contributed by atoms with van der Waals surface area (Å²) in [6.07, 6.45) is 18.8. The van der Waals surface area contributed by atoms with Gasteiger partial charge >= 0.3 is 0 Å². The van der Waals surface area contributed by atoms with Crippen molar-refractivity contribution in [3.8, 4) is 0 Å². The van der Waals surface area contributed by atoms with Crippen LogP contribution in [-0.2, 0) is 0 Å². The topological polar surface area (TPSA) is 121 Å². The van der Waals surface area contributed by atoms with E-state index in [0.29, 0.717) is 6.42 Å². The van der Waals surface area contributed by atoms with Crippen molar-refractivity contribution in [1.29, 1.82) is 0 Å². The van der Waals surface area contributed by atoms with Gasteiger partial charge in [0.25, 0.3) is 0 Å². The van der Waals surface area contributed by atoms with Crippen molar-refractivity contribution in [2.45, 2.75) is 134 Å². The molecule has 0 aromatic carbocycles. The lowest BCUT2D eigenvalue weighted by Gasteiger charge is -2.45. The molecule has 0 rings (SSSR count). The number of unbranched alkanes of at least 4 members (excludes halogenated alkanes) is 15. The third kappa shape index (κ3) is 12.9. The first kappa shape index (κ1) is 31.8. The highest BCUT2D eigenvalue weighted by molar-refractivity contribution is 4.99. The number of hydrogen-bond acceptors (Lipinski definition) is 6. The average Bonchev–Trinajstić information content (AvgIpc) is 2.80. The van der Waals surface area contributed by atoms with Crippen molar-refractivity contribution in [2.24, 2.45) is 5.41 Å². The van der Waals surface area contributed by atoms with E-state index >= 15 is 0 Å². The third-order valence-electron chi connectivity index (χ3n) is 7.12. The van der Waals surface area contributed by atoms with Crippen LogP contribution < -0.4 is 0 Å². The predicted molar refractivity (Wildman–Crippen MR) is 131 cm³/mol. The lowest BCUT2D eigenvalue weighted by Crippen LogP contribution is -2.57. The fourth-order valence-electron chi connectivity index (χ4n) is 4.60. The molecule has 6 N–H and O–H groups in total. The number of hydrogen-bond donors (Lipinski definition) is 6. The number of aliphatic hydroxyl groups excluding tert-OH is 5. The molecular formula is C26H54O6. The summed E-state index contributed by atoms with van der Waals surface area (Å²) >= 11 is 0. The standard InChI is InChI=1S/C26H54O6/c1-2-3-4-5-6-7-8-9-10-11-12-13-14-15-16-17-18-26(32,19-24(31)20-27)25(21-28,22-29)23-30/h24,27-32H,2-23H2,1H3. The zero-order valence-corrected chi connectivity index (χ0v) is 20.8. The Hall–Kier alpha value is -0.240. The molecule has 32 heavy (non-hydrogen) atoms. The quantitative estimate of drug-likeness (QED) is 0.120. The predicted octanol–water partition coefficient (Wildman–Crippen LogP) is 4.08. The molecule has 0 aromatic heterocycles. The first-order valence-corrected chi connectivity index (χ1v) is 13.3. The van der Waals surface area contributed by atoms with Gasteiger partial charge < -0.3 is 30.6 Å². The molecule has 2 atom stereocenters. The summed E-state index contributed by atoms with van der Waals surface area (Å²) in [5, 5.41) is 59.2. The van der Waals surface area contributed by atoms with Gasteiger partial charge in [-0.1, -0.05) is 110 Å². The summed E-state index contributed by atoms with van der Waals surface area (Å²) in [5.41, 5.74) is -3.14. The molecule has 0 heterocycles. The Morgan fingerprint density at radius 3 is 1.22 bits per heavy atom. The lowest BCUT2D eigenvalue weighted by molar-refractivity contribution is -0.174. The Morgan fingerprint density at radius 2 is 0.906 bits per heavy atom. The molecule has 6 heteroatoms. The molecule has 0 saturated heterocycles. The highest BCUT2D eigenvalue weighted by Gasteiger charge is 2.49. The highest BCUT2D eigenvalue weighted by Crippen LogP contribution is 2.39. The van der Waals surface area contributed by atoms with E-state index in [9.17, 15) is 25.5 Å². The Labute approximate surface area is 197 Å². The van der Waals surface area contributed by atoms with Crippen molar-refractivity contribution in [1.82, 2.24) is 0 Å². The fraction of sp³-hybridized carbons (Fsp3) is 1.00. The summed E-state index contributed by atoms with van der Waals surface area (Å²) < 4.78 is 0. The zero-order chi connectivity index (χ0) is 24.1. The van der Waals surface area contributed by atoms with Gasteiger partial charge in [-0.25, -0.2) is 0 Å². The van der Waals surface area contributed by atoms with Gasteiger partial charge in [0.1, 0.15) is 0 Å². The molecular weight excluding hydrogens is 408 g/mol. The van der Waals surface area contributed by atoms with Gasteiger partial charge in [0.05, 0.1) is 43.5 Å². The van der Waals surface area contributed by atoms with Gasteiger partial charge in [-0.05, 0) is 6.42 Å². The molecule has 0 aromatic rings. The van der Waals surface area contributed by atoms with Crippen LogP contribution in [-0.4, -0.2) is 68.8 Å². The van der Waals surface area contributed by atoms with E-state index in [0.717, 1.165) is 19.3 Å². The van der Waals surface area contributed by atoms with Crippen molar-refractivity contribution in [2.75, 3.05) is 26.4 Å². The maximum atomic E-state index is 11.1. The summed E-state index contributed by atoms with van der Waals surface area (Å²) in [4.78, 5) is 0. The second-order valence-electron chi connectivity index (χ2n) is 9.88. The fourth-order valence-corrected chi connectivity index (χ4v) is 4.60. The van der Waals surface area contributed by atoms with Crippen LogP contribution in [0, 0.1) is 5.41 Å². The van der Waals surface area contributed by atoms with Crippen molar-refractivity contribution >= 4 is 0 Å². The maximum absolute atomic E-state index is 11.1. The van der Waals surface area contributed by atoms with Crippen LogP contribution in [0.15, 0.2) is 0 Å². The first-order valence-electron chi connectivity index (χ1n) is 13.3. The molecule has 0 bridgehead atoms. The number of rotatable bonds is 24. The molecule has 0 fully saturated rings. The Balaban J connectivity index is 3.92. The second kappa shape index (κ2) is 20.2. The van der Waals surface area contributed by atoms with Crippen LogP contribution in [0.1, 0.15) is 122 Å². The van der Waals surface area contributed by atoms with Gasteiger partial charge in [-0.2, -0.15) is 0 Å². The largest absolute Gasteiger partial charge is 0.395 e. The summed E-state index contributed by atoms with van der Waals surface area (Å²) in [7, 11) is 0. The minimum absolute atomic E-state index is 0.191. The summed E-state index contributed by atoms with van der Waals surface area (Å²) in [6.45, 7) is -0.0276. The van der Waals surface area contributed by atoms with Crippen molar-refractivity contribution in [3.63, 3.8) is 0 Å². The van der Waals surface area contributed by atoms with E-state index in [1.54, 1.807) is 0 Å². The molecule has 0 saturated carbocycles. The Bertz CT molecular complexity index is 394. The van der Waals surface area contributed by atoms with E-state index in [2.05, 4.69) is 6.92 Å². The zero-order valence-electron chi connectivity index (χ0n) is 20.8. The van der Waals surface area contributed by atoms with E-state index < -0.39 is 43.5 Å². The summed E-state index contributed by atoms with van der Waals surface area (Å²) in [5.74, 6) is 0. The average molecular weight is 463 g/mol. The van der Waals surface area contributed by atoms with E-state index in [1.807, 2.05) is 0 Å². The van der Waals surface area contributed by atoms with Gasteiger partial charge in [0.2, 0.25) is 0 Å². The molecule has 0 radical (unpaired) electrons. The van der Waals surface area contributed by atoms with Crippen LogP contribution >= 0.6 is 0 Å². The van der Waals surface area contributed by atoms with Crippen LogP contribution in [0.2, 0.25) is 0 Å². The lowest BCUT2D eigenvalue weighted by atomic mass is 9.68. The van der Waals surface area contributed by atoms with E-state index in [1.165, 1.54) is 77.0 Å². The monoisotopic (exact) mass is 462 g/mol.